The van der Waals surface area contributed by atoms with Crippen LogP contribution in [0.2, 0.25) is 0 Å². The van der Waals surface area contributed by atoms with Gasteiger partial charge in [0, 0.05) is 20.0 Å². The Labute approximate surface area is 139 Å². The highest BCUT2D eigenvalue weighted by Gasteiger charge is 2.36. The van der Waals surface area contributed by atoms with Crippen molar-refractivity contribution in [1.82, 2.24) is 9.03 Å². The topological polar surface area (TPSA) is 92.8 Å². The lowest BCUT2D eigenvalue weighted by Crippen LogP contribution is -2.43. The molecule has 2 rings (SSSR count). The zero-order valence-electron chi connectivity index (χ0n) is 13.1. The van der Waals surface area contributed by atoms with Gasteiger partial charge in [-0.15, -0.1) is 0 Å². The molecule has 7 nitrogen and oxygen atoms in total. The van der Waals surface area contributed by atoms with Crippen LogP contribution in [0.25, 0.3) is 0 Å². The molecule has 1 aromatic rings. The standard InChI is InChI=1S/C13H18F2N2O5S2/c1-17(2)23(18,19)8-9-6-22-7-12(9)16-24(20,21)13-5-10(14)3-4-11(13)15/h3-5,9,12,16H,6-8H2,1-2H3/t9-,12-/m0/s1. The molecular formula is C13H18F2N2O5S2. The van der Waals surface area contributed by atoms with E-state index in [1.54, 1.807) is 0 Å². The third-order valence-electron chi connectivity index (χ3n) is 3.67. The summed E-state index contributed by atoms with van der Waals surface area (Å²) in [5.74, 6) is -2.95. The second-order valence-electron chi connectivity index (χ2n) is 5.66. The molecule has 0 aliphatic carbocycles. The number of ether oxygens (including phenoxy) is 1. The van der Waals surface area contributed by atoms with Crippen molar-refractivity contribution in [1.29, 1.82) is 0 Å². The number of benzene rings is 1. The van der Waals surface area contributed by atoms with Gasteiger partial charge in [-0.25, -0.2) is 34.6 Å². The van der Waals surface area contributed by atoms with Crippen LogP contribution < -0.4 is 4.72 Å². The van der Waals surface area contributed by atoms with E-state index in [9.17, 15) is 25.6 Å². The van der Waals surface area contributed by atoms with E-state index in [0.29, 0.717) is 12.1 Å². The lowest BCUT2D eigenvalue weighted by atomic mass is 10.1. The van der Waals surface area contributed by atoms with Crippen molar-refractivity contribution in [2.24, 2.45) is 5.92 Å². The summed E-state index contributed by atoms with van der Waals surface area (Å²) in [6.07, 6.45) is 0. The summed E-state index contributed by atoms with van der Waals surface area (Å²) in [6.45, 7) is -0.00430. The molecule has 136 valence electrons. The van der Waals surface area contributed by atoms with Gasteiger partial charge < -0.3 is 4.74 Å². The fourth-order valence-corrected chi connectivity index (χ4v) is 4.80. The van der Waals surface area contributed by atoms with Crippen molar-refractivity contribution >= 4 is 20.0 Å². The van der Waals surface area contributed by atoms with Crippen molar-refractivity contribution in [3.8, 4) is 0 Å². The molecule has 1 aliphatic heterocycles. The number of nitrogens with zero attached hydrogens (tertiary/aromatic N) is 1. The van der Waals surface area contributed by atoms with E-state index in [2.05, 4.69) is 4.72 Å². The Hall–Kier alpha value is -1.14. The largest absolute Gasteiger partial charge is 0.379 e. The number of rotatable bonds is 6. The number of hydrogen-bond acceptors (Lipinski definition) is 5. The van der Waals surface area contributed by atoms with Gasteiger partial charge in [-0.1, -0.05) is 0 Å². The lowest BCUT2D eigenvalue weighted by molar-refractivity contribution is 0.185. The number of sulfonamides is 2. The molecule has 1 saturated heterocycles. The summed E-state index contributed by atoms with van der Waals surface area (Å²) in [4.78, 5) is -0.830. The maximum atomic E-state index is 13.7. The lowest BCUT2D eigenvalue weighted by Gasteiger charge is -2.21. The summed E-state index contributed by atoms with van der Waals surface area (Å²) in [5, 5.41) is 0. The van der Waals surface area contributed by atoms with E-state index >= 15 is 0 Å². The molecule has 1 aromatic carbocycles. The van der Waals surface area contributed by atoms with Crippen LogP contribution in [0.1, 0.15) is 0 Å². The first-order valence-corrected chi connectivity index (χ1v) is 10.1. The Balaban J connectivity index is 2.21. The summed E-state index contributed by atoms with van der Waals surface area (Å²) in [7, 11) is -5.19. The highest BCUT2D eigenvalue weighted by molar-refractivity contribution is 7.89. The molecular weight excluding hydrogens is 366 g/mol. The minimum atomic E-state index is -4.36. The molecule has 0 radical (unpaired) electrons. The zero-order chi connectivity index (χ0) is 18.1. The minimum Gasteiger partial charge on any atom is -0.379 e. The normalized spacial score (nSPS) is 22.2. The van der Waals surface area contributed by atoms with Crippen molar-refractivity contribution in [3.63, 3.8) is 0 Å². The predicted molar refractivity (Wildman–Crippen MR) is 82.3 cm³/mol. The highest BCUT2D eigenvalue weighted by atomic mass is 32.2. The fraction of sp³-hybridized carbons (Fsp3) is 0.538. The third kappa shape index (κ3) is 4.28. The second kappa shape index (κ2) is 7.00. The first-order chi connectivity index (χ1) is 11.0. The molecule has 0 bridgehead atoms. The van der Waals surface area contributed by atoms with Gasteiger partial charge in [-0.2, -0.15) is 0 Å². The molecule has 1 aliphatic rings. The van der Waals surface area contributed by atoms with E-state index in [0.717, 1.165) is 10.4 Å². The molecule has 24 heavy (non-hydrogen) atoms. The average molecular weight is 384 g/mol. The SMILES string of the molecule is CN(C)S(=O)(=O)C[C@@H]1COC[C@@H]1NS(=O)(=O)c1cc(F)ccc1F. The number of nitrogens with one attached hydrogen (secondary N) is 1. The molecule has 1 fully saturated rings. The van der Waals surface area contributed by atoms with E-state index in [4.69, 9.17) is 4.74 Å². The van der Waals surface area contributed by atoms with Crippen LogP contribution in [-0.4, -0.2) is 60.2 Å². The van der Waals surface area contributed by atoms with Gasteiger partial charge in [0.05, 0.1) is 25.0 Å². The van der Waals surface area contributed by atoms with Crippen molar-refractivity contribution < 1.29 is 30.4 Å². The first-order valence-electron chi connectivity index (χ1n) is 6.98. The Morgan fingerprint density at radius 3 is 2.50 bits per heavy atom. The van der Waals surface area contributed by atoms with Gasteiger partial charge in [0.15, 0.2) is 0 Å². The second-order valence-corrected chi connectivity index (χ2v) is 9.57. The summed E-state index contributed by atoms with van der Waals surface area (Å²) in [5.41, 5.74) is 0. The van der Waals surface area contributed by atoms with Gasteiger partial charge in [-0.05, 0) is 18.2 Å². The Morgan fingerprint density at radius 2 is 1.88 bits per heavy atom. The van der Waals surface area contributed by atoms with E-state index in [1.165, 1.54) is 14.1 Å². The van der Waals surface area contributed by atoms with Crippen LogP contribution in [0.5, 0.6) is 0 Å². The maximum Gasteiger partial charge on any atom is 0.243 e. The summed E-state index contributed by atoms with van der Waals surface area (Å²) >= 11 is 0. The van der Waals surface area contributed by atoms with Gasteiger partial charge in [0.1, 0.15) is 16.5 Å². The van der Waals surface area contributed by atoms with Crippen molar-refractivity contribution in [2.75, 3.05) is 33.1 Å². The molecule has 1 heterocycles. The quantitative estimate of drug-likeness (QED) is 0.754. The maximum absolute atomic E-state index is 13.7. The Bertz CT molecular complexity index is 812. The molecule has 0 spiro atoms. The monoisotopic (exact) mass is 384 g/mol. The highest BCUT2D eigenvalue weighted by Crippen LogP contribution is 2.21. The number of halogens is 2. The minimum absolute atomic E-state index is 0.0475. The molecule has 1 N–H and O–H groups in total. The molecule has 0 saturated carbocycles. The summed E-state index contributed by atoms with van der Waals surface area (Å²) in [6, 6.07) is 1.23. The van der Waals surface area contributed by atoms with Crippen LogP contribution in [0.3, 0.4) is 0 Å². The van der Waals surface area contributed by atoms with Crippen LogP contribution in [0.15, 0.2) is 23.1 Å². The van der Waals surface area contributed by atoms with E-state index in [1.807, 2.05) is 0 Å². The van der Waals surface area contributed by atoms with Gasteiger partial charge in [0.2, 0.25) is 20.0 Å². The van der Waals surface area contributed by atoms with Crippen molar-refractivity contribution in [2.45, 2.75) is 10.9 Å². The van der Waals surface area contributed by atoms with E-state index < -0.39 is 48.5 Å². The van der Waals surface area contributed by atoms with Gasteiger partial charge in [0.25, 0.3) is 0 Å². The fourth-order valence-electron chi connectivity index (χ4n) is 2.26. The van der Waals surface area contributed by atoms with Crippen molar-refractivity contribution in [3.05, 3.63) is 29.8 Å². The Kier molecular flexibility index (Phi) is 5.60. The zero-order valence-corrected chi connectivity index (χ0v) is 14.7. The molecule has 2 atom stereocenters. The molecule has 0 unspecified atom stereocenters. The van der Waals surface area contributed by atoms with Gasteiger partial charge in [-0.3, -0.25) is 0 Å². The van der Waals surface area contributed by atoms with Crippen LogP contribution >= 0.6 is 0 Å². The van der Waals surface area contributed by atoms with Crippen LogP contribution in [0.4, 0.5) is 8.78 Å². The predicted octanol–water partition coefficient (Wildman–Crippen LogP) is 0.150. The smallest absolute Gasteiger partial charge is 0.243 e. The van der Waals surface area contributed by atoms with Crippen LogP contribution in [-0.2, 0) is 24.8 Å². The van der Waals surface area contributed by atoms with E-state index in [-0.39, 0.29) is 19.0 Å². The Morgan fingerprint density at radius 1 is 1.21 bits per heavy atom. The van der Waals surface area contributed by atoms with Gasteiger partial charge >= 0.3 is 0 Å². The third-order valence-corrected chi connectivity index (χ3v) is 7.14. The van der Waals surface area contributed by atoms with Crippen LogP contribution in [0, 0.1) is 17.6 Å². The molecule has 11 heteroatoms. The summed E-state index contributed by atoms with van der Waals surface area (Å²) < 4.78 is 83.7. The first kappa shape index (κ1) is 19.2. The molecule has 0 amide bonds. The average Bonchev–Trinajstić information content (AvgIpc) is 2.87. The number of hydrogen-bond donors (Lipinski definition) is 1. The molecule has 0 aromatic heterocycles.